The van der Waals surface area contributed by atoms with Gasteiger partial charge in [-0.1, -0.05) is 37.0 Å². The van der Waals surface area contributed by atoms with Crippen LogP contribution in [0.15, 0.2) is 6.07 Å². The monoisotopic (exact) mass is 305 g/mol. The predicted octanol–water partition coefficient (Wildman–Crippen LogP) is 3.78. The van der Waals surface area contributed by atoms with Crippen molar-refractivity contribution >= 4 is 34.8 Å². The molecule has 0 aliphatic rings. The summed E-state index contributed by atoms with van der Waals surface area (Å²) in [6.07, 6.45) is 1.73. The van der Waals surface area contributed by atoms with Crippen LogP contribution in [0.2, 0.25) is 10.0 Å². The van der Waals surface area contributed by atoms with E-state index in [4.69, 9.17) is 23.2 Å². The highest BCUT2D eigenvalue weighted by Crippen LogP contribution is 2.31. The van der Waals surface area contributed by atoms with Gasteiger partial charge in [0.1, 0.15) is 11.6 Å². The number of anilines is 2. The molecule has 1 heterocycles. The lowest BCUT2D eigenvalue weighted by atomic mass is 10.0. The molecule has 4 nitrogen and oxygen atoms in total. The van der Waals surface area contributed by atoms with Gasteiger partial charge in [0.05, 0.1) is 22.2 Å². The molecule has 0 fully saturated rings. The van der Waals surface area contributed by atoms with Crippen LogP contribution < -0.4 is 10.6 Å². The second-order valence-electron chi connectivity index (χ2n) is 4.77. The number of nitrogens with one attached hydrogen (secondary N) is 2. The number of pyridine rings is 1. The van der Waals surface area contributed by atoms with E-state index >= 15 is 0 Å². The molecular formula is C13H21Cl2N3O. The van der Waals surface area contributed by atoms with E-state index in [-0.39, 0.29) is 6.61 Å². The smallest absolute Gasteiger partial charge is 0.147 e. The van der Waals surface area contributed by atoms with Crippen LogP contribution >= 0.6 is 23.2 Å². The van der Waals surface area contributed by atoms with Crippen molar-refractivity contribution in [2.24, 2.45) is 0 Å². The lowest BCUT2D eigenvalue weighted by molar-refractivity contribution is 0.218. The average molecular weight is 306 g/mol. The molecule has 1 unspecified atom stereocenters. The highest BCUT2D eigenvalue weighted by atomic mass is 35.5. The van der Waals surface area contributed by atoms with Crippen LogP contribution in [0.3, 0.4) is 0 Å². The first kappa shape index (κ1) is 16.3. The molecule has 0 saturated carbocycles. The first-order valence-electron chi connectivity index (χ1n) is 6.44. The molecule has 0 aromatic carbocycles. The van der Waals surface area contributed by atoms with E-state index in [1.807, 2.05) is 13.8 Å². The van der Waals surface area contributed by atoms with Crippen LogP contribution in [0.1, 0.15) is 33.6 Å². The lowest BCUT2D eigenvalue weighted by Gasteiger charge is -2.28. The van der Waals surface area contributed by atoms with Gasteiger partial charge in [0.25, 0.3) is 0 Å². The van der Waals surface area contributed by atoms with Crippen molar-refractivity contribution in [3.05, 3.63) is 16.1 Å². The Kier molecular flexibility index (Phi) is 6.17. The maximum absolute atomic E-state index is 9.43. The van der Waals surface area contributed by atoms with Crippen LogP contribution in [0.4, 0.5) is 11.6 Å². The Hall–Kier alpha value is -0.710. The van der Waals surface area contributed by atoms with E-state index in [0.717, 1.165) is 19.4 Å². The Labute approximate surface area is 124 Å². The molecule has 0 radical (unpaired) electrons. The van der Waals surface area contributed by atoms with E-state index < -0.39 is 5.54 Å². The van der Waals surface area contributed by atoms with Gasteiger partial charge in [-0.15, -0.1) is 0 Å². The van der Waals surface area contributed by atoms with E-state index in [1.165, 1.54) is 0 Å². The van der Waals surface area contributed by atoms with Crippen LogP contribution in [0.5, 0.6) is 0 Å². The summed E-state index contributed by atoms with van der Waals surface area (Å²) >= 11 is 12.2. The zero-order valence-corrected chi connectivity index (χ0v) is 13.1. The Morgan fingerprint density at radius 1 is 1.26 bits per heavy atom. The summed E-state index contributed by atoms with van der Waals surface area (Å²) in [5.74, 6) is 1.13. The van der Waals surface area contributed by atoms with Crippen molar-refractivity contribution in [3.8, 4) is 0 Å². The molecule has 0 aliphatic carbocycles. The third-order valence-electron chi connectivity index (χ3n) is 3.02. The molecule has 1 atom stereocenters. The third kappa shape index (κ3) is 4.41. The van der Waals surface area contributed by atoms with Gasteiger partial charge in [0, 0.05) is 6.54 Å². The molecule has 3 N–H and O–H groups in total. The summed E-state index contributed by atoms with van der Waals surface area (Å²) in [6, 6.07) is 1.66. The lowest BCUT2D eigenvalue weighted by Crippen LogP contribution is -2.38. The Balaban J connectivity index is 3.00. The van der Waals surface area contributed by atoms with Gasteiger partial charge in [0.15, 0.2) is 0 Å². The van der Waals surface area contributed by atoms with E-state index in [0.29, 0.717) is 21.7 Å². The number of halogens is 2. The number of aliphatic hydroxyl groups excluding tert-OH is 1. The van der Waals surface area contributed by atoms with E-state index in [2.05, 4.69) is 22.5 Å². The number of hydrogen-bond donors (Lipinski definition) is 3. The fourth-order valence-electron chi connectivity index (χ4n) is 1.45. The van der Waals surface area contributed by atoms with Gasteiger partial charge in [-0.05, 0) is 25.8 Å². The Morgan fingerprint density at radius 3 is 2.42 bits per heavy atom. The molecule has 19 heavy (non-hydrogen) atoms. The molecule has 6 heteroatoms. The normalized spacial score (nSPS) is 14.0. The van der Waals surface area contributed by atoms with Gasteiger partial charge in [-0.25, -0.2) is 4.98 Å². The second kappa shape index (κ2) is 7.17. The van der Waals surface area contributed by atoms with Crippen molar-refractivity contribution in [1.82, 2.24) is 4.98 Å². The maximum Gasteiger partial charge on any atom is 0.147 e. The zero-order chi connectivity index (χ0) is 14.5. The van der Waals surface area contributed by atoms with Crippen molar-refractivity contribution in [2.75, 3.05) is 23.8 Å². The fraction of sp³-hybridized carbons (Fsp3) is 0.615. The summed E-state index contributed by atoms with van der Waals surface area (Å²) < 4.78 is 0. The molecule has 108 valence electrons. The number of nitrogens with zero attached hydrogens (tertiary/aromatic N) is 1. The van der Waals surface area contributed by atoms with Gasteiger partial charge in [-0.2, -0.15) is 0 Å². The minimum atomic E-state index is -0.452. The Bertz CT molecular complexity index is 423. The van der Waals surface area contributed by atoms with Crippen molar-refractivity contribution in [1.29, 1.82) is 0 Å². The second-order valence-corrected chi connectivity index (χ2v) is 5.59. The highest BCUT2D eigenvalue weighted by Gasteiger charge is 2.23. The van der Waals surface area contributed by atoms with Crippen molar-refractivity contribution in [2.45, 2.75) is 39.2 Å². The standard InChI is InChI=1S/C13H21Cl2N3O/c1-4-6-16-11-9(14)7-10(15)12(17-11)18-13(3,5-2)8-19/h7,19H,4-6,8H2,1-3H3,(H2,16,17,18). The van der Waals surface area contributed by atoms with Crippen molar-refractivity contribution < 1.29 is 5.11 Å². The van der Waals surface area contributed by atoms with Crippen LogP contribution in [0.25, 0.3) is 0 Å². The van der Waals surface area contributed by atoms with Gasteiger partial charge >= 0.3 is 0 Å². The molecular weight excluding hydrogens is 285 g/mol. The fourth-order valence-corrected chi connectivity index (χ4v) is 1.92. The molecule has 0 spiro atoms. The number of hydrogen-bond acceptors (Lipinski definition) is 4. The number of aliphatic hydroxyl groups is 1. The average Bonchev–Trinajstić information content (AvgIpc) is 2.40. The summed E-state index contributed by atoms with van der Waals surface area (Å²) in [5.41, 5.74) is -0.452. The summed E-state index contributed by atoms with van der Waals surface area (Å²) in [4.78, 5) is 4.39. The quantitative estimate of drug-likeness (QED) is 0.717. The molecule has 0 aliphatic heterocycles. The maximum atomic E-state index is 9.43. The zero-order valence-electron chi connectivity index (χ0n) is 11.6. The molecule has 0 bridgehead atoms. The van der Waals surface area contributed by atoms with Crippen LogP contribution in [-0.4, -0.2) is 28.8 Å². The van der Waals surface area contributed by atoms with Crippen LogP contribution in [-0.2, 0) is 0 Å². The minimum absolute atomic E-state index is 0.00184. The molecule has 0 saturated heterocycles. The third-order valence-corrected chi connectivity index (χ3v) is 3.60. The molecule has 0 amide bonds. The summed E-state index contributed by atoms with van der Waals surface area (Å²) in [5, 5.41) is 16.7. The first-order valence-corrected chi connectivity index (χ1v) is 7.20. The predicted molar refractivity (Wildman–Crippen MR) is 82.4 cm³/mol. The van der Waals surface area contributed by atoms with E-state index in [9.17, 15) is 5.11 Å². The molecule has 1 rings (SSSR count). The van der Waals surface area contributed by atoms with Gasteiger partial charge in [0.2, 0.25) is 0 Å². The van der Waals surface area contributed by atoms with Crippen LogP contribution in [0, 0.1) is 0 Å². The SMILES string of the molecule is CCCNc1nc(NC(C)(CC)CO)c(Cl)cc1Cl. The highest BCUT2D eigenvalue weighted by molar-refractivity contribution is 6.37. The first-order chi connectivity index (χ1) is 8.95. The minimum Gasteiger partial charge on any atom is -0.394 e. The molecule has 1 aromatic heterocycles. The number of rotatable bonds is 7. The topological polar surface area (TPSA) is 57.2 Å². The summed E-state index contributed by atoms with van der Waals surface area (Å²) in [7, 11) is 0. The van der Waals surface area contributed by atoms with Gasteiger partial charge in [-0.3, -0.25) is 0 Å². The van der Waals surface area contributed by atoms with Crippen molar-refractivity contribution in [3.63, 3.8) is 0 Å². The number of aromatic nitrogens is 1. The Morgan fingerprint density at radius 2 is 1.89 bits per heavy atom. The largest absolute Gasteiger partial charge is 0.394 e. The summed E-state index contributed by atoms with van der Waals surface area (Å²) in [6.45, 7) is 6.76. The van der Waals surface area contributed by atoms with Gasteiger partial charge < -0.3 is 15.7 Å². The van der Waals surface area contributed by atoms with E-state index in [1.54, 1.807) is 6.07 Å². The molecule has 1 aromatic rings.